The third kappa shape index (κ3) is 4.36. The van der Waals surface area contributed by atoms with Crippen LogP contribution < -0.4 is 4.74 Å². The first-order valence-corrected chi connectivity index (χ1v) is 8.73. The van der Waals surface area contributed by atoms with Crippen LogP contribution in [0.4, 0.5) is 13.2 Å². The van der Waals surface area contributed by atoms with Gasteiger partial charge < -0.3 is 9.15 Å². The number of oxazole rings is 1. The average molecular weight is 390 g/mol. The molecule has 0 saturated carbocycles. The molecule has 4 nitrogen and oxygen atoms in total. The molecule has 0 N–H and O–H groups in total. The Morgan fingerprint density at radius 1 is 1.04 bits per heavy atom. The maximum absolute atomic E-state index is 13.2. The molecule has 0 unspecified atom stereocenters. The van der Waals surface area contributed by atoms with Gasteiger partial charge in [-0.05, 0) is 37.7 Å². The van der Waals surface area contributed by atoms with Crippen molar-refractivity contribution < 1.29 is 22.3 Å². The Bertz CT molecular complexity index is 951. The third-order valence-electron chi connectivity index (χ3n) is 4.41. The number of para-hydroxylation sites is 1. The smallest absolute Gasteiger partial charge is 0.416 e. The summed E-state index contributed by atoms with van der Waals surface area (Å²) in [7, 11) is 3.32. The largest absolute Gasteiger partial charge is 0.496 e. The van der Waals surface area contributed by atoms with Crippen LogP contribution in [0.5, 0.6) is 5.75 Å². The zero-order valence-electron chi connectivity index (χ0n) is 15.9. The number of ether oxygens (including phenoxy) is 1. The molecule has 0 radical (unpaired) electrons. The van der Waals surface area contributed by atoms with Gasteiger partial charge in [0.15, 0.2) is 0 Å². The number of hydrogen-bond donors (Lipinski definition) is 0. The number of benzene rings is 2. The number of hydrogen-bond acceptors (Lipinski definition) is 4. The van der Waals surface area contributed by atoms with Crippen molar-refractivity contribution in [3.8, 4) is 17.2 Å². The second-order valence-electron chi connectivity index (χ2n) is 6.55. The minimum Gasteiger partial charge on any atom is -0.496 e. The van der Waals surface area contributed by atoms with E-state index in [2.05, 4.69) is 4.98 Å². The highest BCUT2D eigenvalue weighted by Gasteiger charge is 2.33. The normalized spacial score (nSPS) is 11.8. The molecule has 0 atom stereocenters. The molecule has 0 saturated heterocycles. The van der Waals surface area contributed by atoms with Crippen molar-refractivity contribution in [3.05, 3.63) is 71.1 Å². The lowest BCUT2D eigenvalue weighted by atomic mass is 10.1. The monoisotopic (exact) mass is 390 g/mol. The summed E-state index contributed by atoms with van der Waals surface area (Å²) in [4.78, 5) is 6.31. The van der Waals surface area contributed by atoms with Crippen LogP contribution in [0.1, 0.15) is 22.6 Å². The Kier molecular flexibility index (Phi) is 5.74. The first-order chi connectivity index (χ1) is 13.3. The van der Waals surface area contributed by atoms with Crippen molar-refractivity contribution in [2.45, 2.75) is 26.2 Å². The van der Waals surface area contributed by atoms with E-state index >= 15 is 0 Å². The molecule has 2 aromatic carbocycles. The van der Waals surface area contributed by atoms with Crippen LogP contribution in [0.2, 0.25) is 0 Å². The minimum absolute atomic E-state index is 0.145. The van der Waals surface area contributed by atoms with Crippen LogP contribution in [0.3, 0.4) is 0 Å². The molecule has 148 valence electrons. The summed E-state index contributed by atoms with van der Waals surface area (Å²) in [6, 6.07) is 13.0. The Labute approximate surface area is 161 Å². The molecule has 28 heavy (non-hydrogen) atoms. The van der Waals surface area contributed by atoms with Crippen LogP contribution in [0, 0.1) is 6.92 Å². The van der Waals surface area contributed by atoms with Crippen LogP contribution in [0.25, 0.3) is 11.5 Å². The van der Waals surface area contributed by atoms with Gasteiger partial charge in [-0.3, -0.25) is 4.90 Å². The summed E-state index contributed by atoms with van der Waals surface area (Å²) in [5, 5.41) is 0. The first-order valence-electron chi connectivity index (χ1n) is 8.73. The molecule has 0 fully saturated rings. The predicted molar refractivity (Wildman–Crippen MR) is 99.8 cm³/mol. The zero-order valence-corrected chi connectivity index (χ0v) is 15.9. The molecule has 3 rings (SSSR count). The number of halogens is 3. The highest BCUT2D eigenvalue weighted by Crippen LogP contribution is 2.33. The highest BCUT2D eigenvalue weighted by molar-refractivity contribution is 5.62. The fourth-order valence-electron chi connectivity index (χ4n) is 3.05. The fraction of sp³-hybridized carbons (Fsp3) is 0.286. The predicted octanol–water partition coefficient (Wildman–Crippen LogP) is 5.31. The molecule has 0 spiro atoms. The maximum Gasteiger partial charge on any atom is 0.416 e. The van der Waals surface area contributed by atoms with Gasteiger partial charge in [0.1, 0.15) is 11.5 Å². The van der Waals surface area contributed by atoms with E-state index in [0.29, 0.717) is 29.6 Å². The third-order valence-corrected chi connectivity index (χ3v) is 4.41. The molecular formula is C21H21F3N2O2. The number of nitrogens with zero attached hydrogens (tertiary/aromatic N) is 2. The van der Waals surface area contributed by atoms with Crippen LogP contribution in [-0.4, -0.2) is 24.0 Å². The van der Waals surface area contributed by atoms with Gasteiger partial charge in [0.2, 0.25) is 5.89 Å². The molecule has 0 aliphatic rings. The van der Waals surface area contributed by atoms with Gasteiger partial charge in [-0.15, -0.1) is 0 Å². The minimum atomic E-state index is -4.38. The highest BCUT2D eigenvalue weighted by atomic mass is 19.4. The van der Waals surface area contributed by atoms with E-state index < -0.39 is 11.7 Å². The van der Waals surface area contributed by atoms with Gasteiger partial charge in [-0.2, -0.15) is 13.2 Å². The SMILES string of the molecule is COc1ccccc1-c1nc(CN(C)Cc2ccccc2C(F)(F)F)c(C)o1. The Balaban J connectivity index is 1.79. The molecule has 7 heteroatoms. The lowest BCUT2D eigenvalue weighted by Gasteiger charge is -2.19. The van der Waals surface area contributed by atoms with E-state index in [1.54, 1.807) is 32.0 Å². The molecule has 1 heterocycles. The van der Waals surface area contributed by atoms with E-state index in [9.17, 15) is 13.2 Å². The molecule has 1 aromatic heterocycles. The second-order valence-corrected chi connectivity index (χ2v) is 6.55. The Hall–Kier alpha value is -2.80. The van der Waals surface area contributed by atoms with Crippen LogP contribution >= 0.6 is 0 Å². The van der Waals surface area contributed by atoms with E-state index in [1.165, 1.54) is 12.1 Å². The molecule has 0 aliphatic heterocycles. The summed E-state index contributed by atoms with van der Waals surface area (Å²) in [5.41, 5.74) is 1.01. The second kappa shape index (κ2) is 8.06. The standard InChI is InChI=1S/C21H21F3N2O2/c1-14-18(25-20(28-14)16-9-5-7-11-19(16)27-3)13-26(2)12-15-8-4-6-10-17(15)21(22,23)24/h4-11H,12-13H2,1-3H3. The number of rotatable bonds is 6. The molecule has 0 bridgehead atoms. The van der Waals surface area contributed by atoms with E-state index in [-0.39, 0.29) is 12.1 Å². The summed E-state index contributed by atoms with van der Waals surface area (Å²) in [6.45, 7) is 2.29. The van der Waals surface area contributed by atoms with Gasteiger partial charge in [0.05, 0.1) is 23.9 Å². The van der Waals surface area contributed by atoms with E-state index in [4.69, 9.17) is 9.15 Å². The summed E-state index contributed by atoms with van der Waals surface area (Å²) < 4.78 is 50.7. The molecular weight excluding hydrogens is 369 g/mol. The topological polar surface area (TPSA) is 38.5 Å². The number of aryl methyl sites for hydroxylation is 1. The summed E-state index contributed by atoms with van der Waals surface area (Å²) in [5.74, 6) is 1.69. The fourth-order valence-corrected chi connectivity index (χ4v) is 3.05. The lowest BCUT2D eigenvalue weighted by Crippen LogP contribution is -2.20. The number of aromatic nitrogens is 1. The van der Waals surface area contributed by atoms with E-state index in [0.717, 1.165) is 11.6 Å². The summed E-state index contributed by atoms with van der Waals surface area (Å²) in [6.07, 6.45) is -4.38. The van der Waals surface area contributed by atoms with Crippen molar-refractivity contribution in [2.75, 3.05) is 14.2 Å². The number of methoxy groups -OCH3 is 1. The Morgan fingerprint density at radius 3 is 2.43 bits per heavy atom. The van der Waals surface area contributed by atoms with Crippen LogP contribution in [-0.2, 0) is 19.3 Å². The quantitative estimate of drug-likeness (QED) is 0.572. The van der Waals surface area contributed by atoms with Gasteiger partial charge in [-0.1, -0.05) is 30.3 Å². The average Bonchev–Trinajstić information content (AvgIpc) is 3.01. The molecule has 3 aromatic rings. The van der Waals surface area contributed by atoms with Gasteiger partial charge in [0, 0.05) is 13.1 Å². The molecule has 0 amide bonds. The number of alkyl halides is 3. The first kappa shape index (κ1) is 19.9. The van der Waals surface area contributed by atoms with Crippen molar-refractivity contribution in [1.29, 1.82) is 0 Å². The maximum atomic E-state index is 13.2. The van der Waals surface area contributed by atoms with Crippen molar-refractivity contribution in [2.24, 2.45) is 0 Å². The van der Waals surface area contributed by atoms with Crippen molar-refractivity contribution >= 4 is 0 Å². The lowest BCUT2D eigenvalue weighted by molar-refractivity contribution is -0.138. The zero-order chi connectivity index (χ0) is 20.3. The van der Waals surface area contributed by atoms with Gasteiger partial charge in [-0.25, -0.2) is 4.98 Å². The van der Waals surface area contributed by atoms with E-state index in [1.807, 2.05) is 24.3 Å². The van der Waals surface area contributed by atoms with Crippen molar-refractivity contribution in [3.63, 3.8) is 0 Å². The summed E-state index contributed by atoms with van der Waals surface area (Å²) >= 11 is 0. The van der Waals surface area contributed by atoms with Gasteiger partial charge >= 0.3 is 6.18 Å². The Morgan fingerprint density at radius 2 is 1.71 bits per heavy atom. The van der Waals surface area contributed by atoms with Gasteiger partial charge in [0.25, 0.3) is 0 Å². The van der Waals surface area contributed by atoms with Crippen molar-refractivity contribution in [1.82, 2.24) is 9.88 Å². The van der Waals surface area contributed by atoms with Crippen LogP contribution in [0.15, 0.2) is 52.9 Å². The molecule has 0 aliphatic carbocycles.